The largest absolute Gasteiger partial charge is 0.399 e. The highest BCUT2D eigenvalue weighted by Gasteiger charge is 2.52. The molecule has 2 amide bonds. The molecule has 254 valence electrons. The summed E-state index contributed by atoms with van der Waals surface area (Å²) in [6.45, 7) is 7.19. The number of pyridine rings is 1. The zero-order valence-electron chi connectivity index (χ0n) is 27.3. The van der Waals surface area contributed by atoms with Crippen molar-refractivity contribution in [3.8, 4) is 11.3 Å². The number of piperidine rings is 2. The van der Waals surface area contributed by atoms with E-state index in [1.165, 1.54) is 4.90 Å². The van der Waals surface area contributed by atoms with E-state index >= 15 is 0 Å². The Hall–Kier alpha value is -4.56. The maximum atomic E-state index is 13.3. The topological polar surface area (TPSA) is 167 Å². The van der Waals surface area contributed by atoms with Crippen LogP contribution in [-0.2, 0) is 0 Å². The molecule has 6 N–H and O–H groups in total. The van der Waals surface area contributed by atoms with Crippen molar-refractivity contribution in [1.82, 2.24) is 30.3 Å². The number of aromatic amines is 1. The number of hydrogen-bond donors (Lipinski definition) is 5. The smallest absolute Gasteiger partial charge is 0.262 e. The third-order valence-corrected chi connectivity index (χ3v) is 11.3. The summed E-state index contributed by atoms with van der Waals surface area (Å²) in [5.41, 5.74) is 11.7. The average molecular weight is 664 g/mol. The number of rotatable bonds is 6. The number of carbonyl (C=O) groups is 2. The number of nitrogens with zero attached hydrogens (tertiary/aromatic N) is 6. The third-order valence-electron chi connectivity index (χ3n) is 11.3. The van der Waals surface area contributed by atoms with Crippen molar-refractivity contribution in [1.29, 1.82) is 0 Å². The second-order valence-corrected chi connectivity index (χ2v) is 14.7. The highest BCUT2D eigenvalue weighted by Crippen LogP contribution is 2.43. The number of aromatic nitrogens is 3. The Bertz CT molecular complexity index is 1940. The normalized spacial score (nSPS) is 25.6. The van der Waals surface area contributed by atoms with Gasteiger partial charge in [0.1, 0.15) is 24.0 Å². The van der Waals surface area contributed by atoms with Gasteiger partial charge in [0.2, 0.25) is 0 Å². The Balaban J connectivity index is 0.767. The monoisotopic (exact) mass is 663 g/mol. The molecule has 3 atom stereocenters. The average Bonchev–Trinajstić information content (AvgIpc) is 3.59. The second kappa shape index (κ2) is 11.5. The molecule has 0 saturated carbocycles. The van der Waals surface area contributed by atoms with E-state index in [-0.39, 0.29) is 11.8 Å². The number of hydrogen-bond acceptors (Lipinski definition) is 11. The van der Waals surface area contributed by atoms with Crippen LogP contribution < -0.4 is 20.9 Å². The summed E-state index contributed by atoms with van der Waals surface area (Å²) in [6.07, 6.45) is 2.74. The van der Waals surface area contributed by atoms with Gasteiger partial charge in [-0.15, -0.1) is 0 Å². The van der Waals surface area contributed by atoms with Crippen molar-refractivity contribution < 1.29 is 19.8 Å². The summed E-state index contributed by atoms with van der Waals surface area (Å²) in [4.78, 5) is 39.6. The summed E-state index contributed by atoms with van der Waals surface area (Å²) in [6, 6.07) is 14.8. The fraction of sp³-hybridized carbons (Fsp3) is 0.444. The van der Waals surface area contributed by atoms with E-state index in [1.54, 1.807) is 6.07 Å². The van der Waals surface area contributed by atoms with E-state index in [0.29, 0.717) is 35.3 Å². The van der Waals surface area contributed by atoms with Gasteiger partial charge in [-0.2, -0.15) is 5.10 Å². The number of imide groups is 1. The first-order valence-electron chi connectivity index (χ1n) is 17.3. The van der Waals surface area contributed by atoms with Gasteiger partial charge in [-0.25, -0.2) is 4.98 Å². The fourth-order valence-corrected chi connectivity index (χ4v) is 8.78. The van der Waals surface area contributed by atoms with Crippen molar-refractivity contribution in [3.05, 3.63) is 65.9 Å². The molecule has 13 heteroatoms. The molecule has 7 heterocycles. The quantitative estimate of drug-likeness (QED) is 0.152. The number of amides is 2. The second-order valence-electron chi connectivity index (χ2n) is 14.7. The standard InChI is InChI=1S/C36H41N9O4/c37-23-1-4-28-27(14-23)32(41-40-28)22-7-10-38-30(13-22)44-19-36(20-44)17-42(18-36)16-21-8-11-43(12-9-21)24-2-3-25-26(15-24)35(49)45(34(25)48)29-5-6-31(46)39-33(29)47/h1-4,7,10,13-15,21,29,31,33,39,46-47H,5-6,8-9,11-12,16-20,37H2,(H,40,41). The van der Waals surface area contributed by atoms with Crippen molar-refractivity contribution in [2.45, 2.75) is 44.2 Å². The van der Waals surface area contributed by atoms with E-state index in [1.807, 2.05) is 42.6 Å². The molecule has 4 aromatic rings. The van der Waals surface area contributed by atoms with Gasteiger partial charge >= 0.3 is 0 Å². The summed E-state index contributed by atoms with van der Waals surface area (Å²) < 4.78 is 0. The number of aliphatic hydroxyl groups excluding tert-OH is 2. The molecular weight excluding hydrogens is 622 g/mol. The van der Waals surface area contributed by atoms with Gasteiger partial charge in [-0.3, -0.25) is 24.9 Å². The van der Waals surface area contributed by atoms with Crippen LogP contribution in [0, 0.1) is 11.3 Å². The zero-order valence-corrected chi connectivity index (χ0v) is 27.3. The molecule has 0 radical (unpaired) electrons. The highest BCUT2D eigenvalue weighted by molar-refractivity contribution is 6.22. The summed E-state index contributed by atoms with van der Waals surface area (Å²) >= 11 is 0. The lowest BCUT2D eigenvalue weighted by Crippen LogP contribution is -2.72. The van der Waals surface area contributed by atoms with Gasteiger partial charge in [0.05, 0.1) is 22.7 Å². The van der Waals surface area contributed by atoms with E-state index in [9.17, 15) is 19.8 Å². The number of nitrogens with two attached hydrogens (primary N) is 1. The van der Waals surface area contributed by atoms with Crippen LogP contribution in [0.4, 0.5) is 17.2 Å². The molecule has 1 spiro atoms. The Labute approximate surface area is 283 Å². The van der Waals surface area contributed by atoms with Crippen molar-refractivity contribution in [2.24, 2.45) is 11.3 Å². The molecule has 2 aromatic heterocycles. The molecule has 9 rings (SSSR count). The van der Waals surface area contributed by atoms with Gasteiger partial charge < -0.3 is 30.6 Å². The number of anilines is 3. The zero-order chi connectivity index (χ0) is 33.4. The van der Waals surface area contributed by atoms with Gasteiger partial charge in [0, 0.05) is 79.7 Å². The van der Waals surface area contributed by atoms with Gasteiger partial charge in [0.25, 0.3) is 11.8 Å². The molecule has 49 heavy (non-hydrogen) atoms. The number of carbonyl (C=O) groups excluding carboxylic acids is 2. The number of nitrogens with one attached hydrogen (secondary N) is 2. The number of likely N-dealkylation sites (tertiary alicyclic amines) is 1. The number of H-pyrrole nitrogens is 1. The summed E-state index contributed by atoms with van der Waals surface area (Å²) in [7, 11) is 0. The molecule has 0 aliphatic carbocycles. The maximum absolute atomic E-state index is 13.3. The first-order valence-corrected chi connectivity index (χ1v) is 17.3. The summed E-state index contributed by atoms with van der Waals surface area (Å²) in [5, 5.41) is 31.5. The molecule has 4 saturated heterocycles. The van der Waals surface area contributed by atoms with E-state index in [0.717, 1.165) is 98.0 Å². The number of fused-ring (bicyclic) bond motifs is 2. The number of benzene rings is 2. The van der Waals surface area contributed by atoms with Crippen LogP contribution >= 0.6 is 0 Å². The number of aliphatic hydroxyl groups is 2. The minimum Gasteiger partial charge on any atom is -0.399 e. The van der Waals surface area contributed by atoms with Crippen LogP contribution in [0.15, 0.2) is 54.7 Å². The van der Waals surface area contributed by atoms with Crippen LogP contribution in [0.3, 0.4) is 0 Å². The molecule has 5 aliphatic rings. The Kier molecular flexibility index (Phi) is 7.16. The molecule has 4 fully saturated rings. The first kappa shape index (κ1) is 30.5. The van der Waals surface area contributed by atoms with Crippen LogP contribution in [0.25, 0.3) is 22.2 Å². The lowest BCUT2D eigenvalue weighted by atomic mass is 9.72. The molecular formula is C36H41N9O4. The Morgan fingerprint density at radius 2 is 1.67 bits per heavy atom. The van der Waals surface area contributed by atoms with Crippen LogP contribution in [0.2, 0.25) is 0 Å². The Morgan fingerprint density at radius 1 is 0.878 bits per heavy atom. The van der Waals surface area contributed by atoms with Crippen molar-refractivity contribution >= 4 is 39.9 Å². The summed E-state index contributed by atoms with van der Waals surface area (Å²) in [5.74, 6) is 0.862. The molecule has 3 unspecified atom stereocenters. The maximum Gasteiger partial charge on any atom is 0.262 e. The van der Waals surface area contributed by atoms with Crippen molar-refractivity contribution in [2.75, 3.05) is 61.3 Å². The van der Waals surface area contributed by atoms with Crippen LogP contribution in [0.1, 0.15) is 46.4 Å². The molecule has 13 nitrogen and oxygen atoms in total. The molecule has 2 aromatic carbocycles. The highest BCUT2D eigenvalue weighted by atomic mass is 16.3. The van der Waals surface area contributed by atoms with Crippen molar-refractivity contribution in [3.63, 3.8) is 0 Å². The Morgan fingerprint density at radius 3 is 2.47 bits per heavy atom. The first-order chi connectivity index (χ1) is 23.7. The van der Waals surface area contributed by atoms with Gasteiger partial charge in [0.15, 0.2) is 0 Å². The number of nitrogen functional groups attached to an aromatic ring is 1. The van der Waals surface area contributed by atoms with Crippen LogP contribution in [0.5, 0.6) is 0 Å². The minimum atomic E-state index is -1.15. The van der Waals surface area contributed by atoms with Gasteiger partial charge in [-0.05, 0) is 80.1 Å². The minimum absolute atomic E-state index is 0.345. The lowest BCUT2D eigenvalue weighted by Gasteiger charge is -2.61. The molecule has 5 aliphatic heterocycles. The predicted molar refractivity (Wildman–Crippen MR) is 185 cm³/mol. The fourth-order valence-electron chi connectivity index (χ4n) is 8.78. The van der Waals surface area contributed by atoms with E-state index < -0.39 is 18.5 Å². The van der Waals surface area contributed by atoms with Gasteiger partial charge in [-0.1, -0.05) is 0 Å². The van der Waals surface area contributed by atoms with E-state index in [2.05, 4.69) is 41.3 Å². The molecule has 0 bridgehead atoms. The SMILES string of the molecule is Nc1ccc2[nH]nc(-c3ccnc(N4CC5(CN(CC6CCN(c7ccc8c(c7)C(=O)N(C7CCC(O)NC7O)C8=O)CC6)C5)C4)c3)c2c1. The third kappa shape index (κ3) is 5.23. The lowest BCUT2D eigenvalue weighted by molar-refractivity contribution is -0.0413. The van der Waals surface area contributed by atoms with E-state index in [4.69, 9.17) is 5.73 Å². The predicted octanol–water partition coefficient (Wildman–Crippen LogP) is 2.23. The van der Waals surface area contributed by atoms with Crippen LogP contribution in [-0.4, -0.2) is 111 Å².